The number of aryl methyl sites for hydroxylation is 1. The van der Waals surface area contributed by atoms with Crippen LogP contribution in [0.3, 0.4) is 0 Å². The monoisotopic (exact) mass is 355 g/mol. The molecule has 1 aliphatic heterocycles. The molecule has 1 aliphatic rings. The van der Waals surface area contributed by atoms with Crippen molar-refractivity contribution >= 4 is 16.0 Å². The van der Waals surface area contributed by atoms with E-state index in [9.17, 15) is 31.5 Å². The lowest BCUT2D eigenvalue weighted by molar-refractivity contribution is -0.144. The van der Waals surface area contributed by atoms with Crippen molar-refractivity contribution in [1.29, 1.82) is 0 Å². The van der Waals surface area contributed by atoms with Crippen LogP contribution < -0.4 is 0 Å². The number of aromatic nitrogens is 2. The first-order valence-corrected chi connectivity index (χ1v) is 8.25. The van der Waals surface area contributed by atoms with Gasteiger partial charge in [0.15, 0.2) is 5.69 Å². The Hall–Kier alpha value is -1.62. The minimum atomic E-state index is -4.95. The average Bonchev–Trinajstić information content (AvgIpc) is 2.81. The van der Waals surface area contributed by atoms with Crippen molar-refractivity contribution in [2.45, 2.75) is 36.9 Å². The van der Waals surface area contributed by atoms with Gasteiger partial charge in [0.25, 0.3) is 0 Å². The standard InChI is InChI=1S/C12H16F3N3O4S/c1-7-4-3-5-18(9(7)11(19)20)23(21,22)8-6-17(2)16-10(8)12(13,14)15/h6-7,9H,3-5H2,1-2H3,(H,19,20). The molecule has 0 amide bonds. The highest BCUT2D eigenvalue weighted by Crippen LogP contribution is 2.36. The molecular formula is C12H16F3N3O4S. The number of piperidine rings is 1. The number of carbonyl (C=O) groups is 1. The van der Waals surface area contributed by atoms with Crippen molar-refractivity contribution in [1.82, 2.24) is 14.1 Å². The number of hydrogen-bond donors (Lipinski definition) is 1. The van der Waals surface area contributed by atoms with Gasteiger partial charge >= 0.3 is 12.1 Å². The third-order valence-electron chi connectivity index (χ3n) is 3.79. The highest BCUT2D eigenvalue weighted by Gasteiger charge is 2.47. The topological polar surface area (TPSA) is 92.5 Å². The molecule has 1 aromatic heterocycles. The van der Waals surface area contributed by atoms with E-state index in [-0.39, 0.29) is 6.54 Å². The van der Waals surface area contributed by atoms with Crippen LogP contribution in [-0.4, -0.2) is 46.2 Å². The molecule has 2 atom stereocenters. The number of carboxylic acids is 1. The zero-order valence-corrected chi connectivity index (χ0v) is 13.2. The van der Waals surface area contributed by atoms with E-state index in [1.54, 1.807) is 6.92 Å². The first kappa shape index (κ1) is 17.7. The third-order valence-corrected chi connectivity index (χ3v) is 5.67. The van der Waals surface area contributed by atoms with Gasteiger partial charge in [-0.2, -0.15) is 22.6 Å². The molecule has 1 N–H and O–H groups in total. The minimum Gasteiger partial charge on any atom is -0.480 e. The third kappa shape index (κ3) is 3.20. The molecule has 0 aromatic carbocycles. The molecule has 0 bridgehead atoms. The van der Waals surface area contributed by atoms with Crippen LogP contribution in [0, 0.1) is 5.92 Å². The summed E-state index contributed by atoms with van der Waals surface area (Å²) < 4.78 is 65.7. The normalized spacial score (nSPS) is 23.9. The van der Waals surface area contributed by atoms with E-state index in [1.165, 1.54) is 7.05 Å². The molecule has 23 heavy (non-hydrogen) atoms. The summed E-state index contributed by atoms with van der Waals surface area (Å²) >= 11 is 0. The Labute approximate surface area is 130 Å². The number of alkyl halides is 3. The molecule has 2 rings (SSSR count). The predicted octanol–water partition coefficient (Wildman–Crippen LogP) is 1.31. The van der Waals surface area contributed by atoms with Crippen LogP contribution in [0.4, 0.5) is 13.2 Å². The van der Waals surface area contributed by atoms with E-state index in [2.05, 4.69) is 5.10 Å². The lowest BCUT2D eigenvalue weighted by Crippen LogP contribution is -2.51. The second-order valence-corrected chi connectivity index (χ2v) is 7.39. The summed E-state index contributed by atoms with van der Waals surface area (Å²) in [7, 11) is -3.46. The second-order valence-electron chi connectivity index (χ2n) is 5.53. The zero-order valence-electron chi connectivity index (χ0n) is 12.4. The molecule has 11 heteroatoms. The fraction of sp³-hybridized carbons (Fsp3) is 0.667. The van der Waals surface area contributed by atoms with Crippen LogP contribution in [0.2, 0.25) is 0 Å². The molecule has 0 aliphatic carbocycles. The molecule has 1 fully saturated rings. The van der Waals surface area contributed by atoms with Gasteiger partial charge in [-0.05, 0) is 18.8 Å². The van der Waals surface area contributed by atoms with Crippen molar-refractivity contribution in [3.63, 3.8) is 0 Å². The zero-order chi connectivity index (χ0) is 17.6. The SMILES string of the molecule is CC1CCCN(S(=O)(=O)c2cn(C)nc2C(F)(F)F)C1C(=O)O. The summed E-state index contributed by atoms with van der Waals surface area (Å²) in [6, 6.07) is -1.39. The maximum Gasteiger partial charge on any atom is 0.436 e. The van der Waals surface area contributed by atoms with E-state index in [1.807, 2.05) is 0 Å². The summed E-state index contributed by atoms with van der Waals surface area (Å²) in [5.74, 6) is -1.87. The van der Waals surface area contributed by atoms with Gasteiger partial charge in [0.2, 0.25) is 10.0 Å². The minimum absolute atomic E-state index is 0.143. The Morgan fingerprint density at radius 3 is 2.57 bits per heavy atom. The summed E-state index contributed by atoms with van der Waals surface area (Å²) in [5, 5.41) is 12.4. The van der Waals surface area contributed by atoms with E-state index in [0.717, 1.165) is 10.9 Å². The van der Waals surface area contributed by atoms with E-state index >= 15 is 0 Å². The summed E-state index contributed by atoms with van der Waals surface area (Å²) in [5.41, 5.74) is -1.54. The number of hydrogen-bond acceptors (Lipinski definition) is 4. The van der Waals surface area contributed by atoms with Gasteiger partial charge in [-0.3, -0.25) is 9.48 Å². The van der Waals surface area contributed by atoms with Gasteiger partial charge in [0, 0.05) is 19.8 Å². The summed E-state index contributed by atoms with van der Waals surface area (Å²) in [6.45, 7) is 1.42. The lowest BCUT2D eigenvalue weighted by Gasteiger charge is -2.36. The first-order valence-electron chi connectivity index (χ1n) is 6.81. The molecule has 0 radical (unpaired) electrons. The number of nitrogens with zero attached hydrogens (tertiary/aromatic N) is 3. The van der Waals surface area contributed by atoms with Gasteiger partial charge in [0.1, 0.15) is 10.9 Å². The van der Waals surface area contributed by atoms with Crippen molar-refractivity contribution in [3.8, 4) is 0 Å². The fourth-order valence-electron chi connectivity index (χ4n) is 2.76. The molecule has 0 saturated carbocycles. The van der Waals surface area contributed by atoms with Crippen molar-refractivity contribution < 1.29 is 31.5 Å². The Bertz CT molecular complexity index is 714. The van der Waals surface area contributed by atoms with Gasteiger partial charge in [0.05, 0.1) is 0 Å². The van der Waals surface area contributed by atoms with Crippen LogP contribution in [-0.2, 0) is 28.0 Å². The number of carboxylic acid groups (broad SMARTS) is 1. The van der Waals surface area contributed by atoms with Crippen LogP contribution in [0.1, 0.15) is 25.5 Å². The van der Waals surface area contributed by atoms with Crippen molar-refractivity contribution in [2.75, 3.05) is 6.54 Å². The summed E-state index contributed by atoms with van der Waals surface area (Å²) in [6.07, 6.45) is -3.34. The Morgan fingerprint density at radius 1 is 1.43 bits per heavy atom. The van der Waals surface area contributed by atoms with Crippen molar-refractivity contribution in [3.05, 3.63) is 11.9 Å². The Balaban J connectivity index is 2.56. The fourth-order valence-corrected chi connectivity index (χ4v) is 4.67. The first-order chi connectivity index (χ1) is 10.5. The van der Waals surface area contributed by atoms with E-state index in [4.69, 9.17) is 0 Å². The maximum absolute atomic E-state index is 13.0. The Kier molecular flexibility index (Phi) is 4.46. The maximum atomic E-state index is 13.0. The van der Waals surface area contributed by atoms with Gasteiger partial charge in [-0.1, -0.05) is 6.92 Å². The molecule has 130 valence electrons. The molecule has 0 spiro atoms. The van der Waals surface area contributed by atoms with Crippen molar-refractivity contribution in [2.24, 2.45) is 13.0 Å². The quantitative estimate of drug-likeness (QED) is 0.883. The number of aliphatic carboxylic acids is 1. The number of sulfonamides is 1. The lowest BCUT2D eigenvalue weighted by atomic mass is 9.93. The largest absolute Gasteiger partial charge is 0.480 e. The molecule has 1 aromatic rings. The molecule has 1 saturated heterocycles. The van der Waals surface area contributed by atoms with Crippen LogP contribution in [0.15, 0.2) is 11.1 Å². The van der Waals surface area contributed by atoms with Gasteiger partial charge < -0.3 is 5.11 Å². The van der Waals surface area contributed by atoms with Crippen LogP contribution in [0.5, 0.6) is 0 Å². The average molecular weight is 355 g/mol. The predicted molar refractivity (Wildman–Crippen MR) is 71.9 cm³/mol. The molecule has 2 unspecified atom stereocenters. The molecule has 7 nitrogen and oxygen atoms in total. The van der Waals surface area contributed by atoms with Gasteiger partial charge in [-0.15, -0.1) is 0 Å². The smallest absolute Gasteiger partial charge is 0.436 e. The molecule has 2 heterocycles. The van der Waals surface area contributed by atoms with E-state index < -0.39 is 44.7 Å². The second kappa shape index (κ2) is 5.78. The number of halogens is 3. The highest BCUT2D eigenvalue weighted by atomic mass is 32.2. The molecular weight excluding hydrogens is 339 g/mol. The highest BCUT2D eigenvalue weighted by molar-refractivity contribution is 7.89. The summed E-state index contributed by atoms with van der Waals surface area (Å²) in [4.78, 5) is 10.4. The Morgan fingerprint density at radius 2 is 2.04 bits per heavy atom. The van der Waals surface area contributed by atoms with Gasteiger partial charge in [-0.25, -0.2) is 8.42 Å². The van der Waals surface area contributed by atoms with Crippen LogP contribution >= 0.6 is 0 Å². The number of rotatable bonds is 3. The van der Waals surface area contributed by atoms with Crippen LogP contribution in [0.25, 0.3) is 0 Å². The van der Waals surface area contributed by atoms with E-state index in [0.29, 0.717) is 17.1 Å².